The summed E-state index contributed by atoms with van der Waals surface area (Å²) in [4.78, 5) is 15.9. The number of amides is 1. The lowest BCUT2D eigenvalue weighted by Gasteiger charge is -2.36. The third-order valence-electron chi connectivity index (χ3n) is 6.56. The molecule has 0 atom stereocenters. The van der Waals surface area contributed by atoms with Gasteiger partial charge in [-0.15, -0.1) is 0 Å². The largest absolute Gasteiger partial charge is 0.494 e. The predicted molar refractivity (Wildman–Crippen MR) is 124 cm³/mol. The molecule has 2 aliphatic rings. The van der Waals surface area contributed by atoms with Crippen molar-refractivity contribution < 1.29 is 14.3 Å². The Morgan fingerprint density at radius 2 is 1.68 bits per heavy atom. The Labute approximate surface area is 185 Å². The van der Waals surface area contributed by atoms with E-state index >= 15 is 0 Å². The fourth-order valence-electron chi connectivity index (χ4n) is 4.67. The summed E-state index contributed by atoms with van der Waals surface area (Å²) in [7, 11) is 0. The van der Waals surface area contributed by atoms with E-state index in [1.807, 2.05) is 54.6 Å². The Morgan fingerprint density at radius 1 is 0.968 bits per heavy atom. The third kappa shape index (κ3) is 5.66. The normalized spacial score (nSPS) is 19.0. The smallest absolute Gasteiger partial charge is 0.235 e. The topological polar surface area (TPSA) is 50.8 Å². The van der Waals surface area contributed by atoms with Crippen LogP contribution in [0.2, 0.25) is 0 Å². The van der Waals surface area contributed by atoms with Gasteiger partial charge in [0.2, 0.25) is 5.91 Å². The molecule has 2 aromatic carbocycles. The van der Waals surface area contributed by atoms with Gasteiger partial charge >= 0.3 is 0 Å². The Bertz CT molecular complexity index is 810. The number of carbonyl (C=O) groups excluding carboxylic acids is 1. The summed E-state index contributed by atoms with van der Waals surface area (Å²) in [5, 5.41) is 3.13. The fraction of sp³-hybridized carbons (Fsp3) is 0.500. The molecule has 1 N–H and O–H groups in total. The highest BCUT2D eigenvalue weighted by atomic mass is 16.5. The molecule has 2 saturated heterocycles. The maximum atomic E-state index is 13.3. The molecule has 0 bridgehead atoms. The number of carbonyl (C=O) groups is 1. The monoisotopic (exact) mass is 422 g/mol. The number of piperidine rings is 1. The van der Waals surface area contributed by atoms with E-state index in [2.05, 4.69) is 10.2 Å². The van der Waals surface area contributed by atoms with Crippen molar-refractivity contribution in [3.63, 3.8) is 0 Å². The maximum absolute atomic E-state index is 13.3. The minimum Gasteiger partial charge on any atom is -0.494 e. The molecule has 0 unspecified atom stereocenters. The SMILES string of the molecule is O=C(Nc1ccc(OCCCN2CCCCC2)cc1)C1(c2ccccc2)CCOCC1. The number of hydrogen-bond donors (Lipinski definition) is 1. The molecule has 1 amide bonds. The molecule has 0 radical (unpaired) electrons. The van der Waals surface area contributed by atoms with Crippen molar-refractivity contribution in [2.45, 2.75) is 43.9 Å². The van der Waals surface area contributed by atoms with Crippen LogP contribution in [0.5, 0.6) is 5.75 Å². The second-order valence-corrected chi connectivity index (χ2v) is 8.64. The highest BCUT2D eigenvalue weighted by molar-refractivity contribution is 5.99. The van der Waals surface area contributed by atoms with Gasteiger partial charge in [-0.3, -0.25) is 4.79 Å². The lowest BCUT2D eigenvalue weighted by atomic mass is 9.73. The van der Waals surface area contributed by atoms with Crippen LogP contribution in [0.4, 0.5) is 5.69 Å². The second-order valence-electron chi connectivity index (χ2n) is 8.64. The Kier molecular flexibility index (Phi) is 7.60. The highest BCUT2D eigenvalue weighted by Crippen LogP contribution is 2.36. The highest BCUT2D eigenvalue weighted by Gasteiger charge is 2.41. The predicted octanol–water partition coefficient (Wildman–Crippen LogP) is 4.63. The number of nitrogens with one attached hydrogen (secondary N) is 1. The van der Waals surface area contributed by atoms with Crippen LogP contribution >= 0.6 is 0 Å². The van der Waals surface area contributed by atoms with Crippen molar-refractivity contribution >= 4 is 11.6 Å². The van der Waals surface area contributed by atoms with Gasteiger partial charge in [-0.05, 0) is 75.0 Å². The second kappa shape index (κ2) is 10.8. The van der Waals surface area contributed by atoms with Crippen molar-refractivity contribution in [1.82, 2.24) is 4.90 Å². The Hall–Kier alpha value is -2.37. The molecule has 0 spiro atoms. The van der Waals surface area contributed by atoms with Crippen LogP contribution in [0.1, 0.15) is 44.1 Å². The van der Waals surface area contributed by atoms with Crippen molar-refractivity contribution in [1.29, 1.82) is 0 Å². The van der Waals surface area contributed by atoms with Crippen LogP contribution in [0.15, 0.2) is 54.6 Å². The first-order valence-electron chi connectivity index (χ1n) is 11.7. The van der Waals surface area contributed by atoms with Crippen LogP contribution < -0.4 is 10.1 Å². The lowest BCUT2D eigenvalue weighted by Crippen LogP contribution is -2.44. The number of anilines is 1. The minimum absolute atomic E-state index is 0.0391. The van der Waals surface area contributed by atoms with Gasteiger partial charge in [0.1, 0.15) is 5.75 Å². The molecular weight excluding hydrogens is 388 g/mol. The lowest BCUT2D eigenvalue weighted by molar-refractivity contribution is -0.125. The molecule has 0 saturated carbocycles. The van der Waals surface area contributed by atoms with E-state index < -0.39 is 5.41 Å². The summed E-state index contributed by atoms with van der Waals surface area (Å²) in [6.07, 6.45) is 6.46. The molecule has 5 heteroatoms. The van der Waals surface area contributed by atoms with Crippen LogP contribution in [-0.4, -0.2) is 50.3 Å². The summed E-state index contributed by atoms with van der Waals surface area (Å²) >= 11 is 0. The summed E-state index contributed by atoms with van der Waals surface area (Å²) in [6, 6.07) is 17.8. The zero-order valence-corrected chi connectivity index (χ0v) is 18.4. The molecule has 2 heterocycles. The van der Waals surface area contributed by atoms with E-state index in [0.717, 1.165) is 36.6 Å². The number of likely N-dealkylation sites (tertiary alicyclic amines) is 1. The molecule has 4 rings (SSSR count). The maximum Gasteiger partial charge on any atom is 0.235 e. The molecule has 31 heavy (non-hydrogen) atoms. The number of rotatable bonds is 8. The van der Waals surface area contributed by atoms with Crippen LogP contribution in [0.3, 0.4) is 0 Å². The van der Waals surface area contributed by atoms with Gasteiger partial charge in [0.15, 0.2) is 0 Å². The van der Waals surface area contributed by atoms with Crippen molar-refractivity contribution in [3.05, 3.63) is 60.2 Å². The molecule has 0 aromatic heterocycles. The van der Waals surface area contributed by atoms with Gasteiger partial charge in [0.05, 0.1) is 12.0 Å². The Morgan fingerprint density at radius 3 is 2.39 bits per heavy atom. The standard InChI is InChI=1S/C26H34N2O3/c29-25(26(14-20-30-21-15-26)22-8-3-1-4-9-22)27-23-10-12-24(13-11-23)31-19-7-18-28-16-5-2-6-17-28/h1,3-4,8-13H,2,5-7,14-21H2,(H,27,29). The molecule has 166 valence electrons. The van der Waals surface area contributed by atoms with Gasteiger partial charge in [0, 0.05) is 25.4 Å². The van der Waals surface area contributed by atoms with E-state index in [1.54, 1.807) is 0 Å². The summed E-state index contributed by atoms with van der Waals surface area (Å²) < 4.78 is 11.5. The number of benzene rings is 2. The van der Waals surface area contributed by atoms with Crippen LogP contribution in [-0.2, 0) is 14.9 Å². The quantitative estimate of drug-likeness (QED) is 0.630. The van der Waals surface area contributed by atoms with E-state index in [9.17, 15) is 4.79 Å². The average molecular weight is 423 g/mol. The summed E-state index contributed by atoms with van der Waals surface area (Å²) in [5.74, 6) is 0.887. The molecule has 2 aliphatic heterocycles. The zero-order chi connectivity index (χ0) is 21.4. The average Bonchev–Trinajstić information content (AvgIpc) is 2.84. The molecule has 5 nitrogen and oxygen atoms in total. The number of hydrogen-bond acceptors (Lipinski definition) is 4. The number of ether oxygens (including phenoxy) is 2. The van der Waals surface area contributed by atoms with E-state index in [1.165, 1.54) is 32.4 Å². The Balaban J connectivity index is 1.30. The van der Waals surface area contributed by atoms with Gasteiger partial charge < -0.3 is 19.7 Å². The van der Waals surface area contributed by atoms with Gasteiger partial charge in [-0.25, -0.2) is 0 Å². The van der Waals surface area contributed by atoms with E-state index in [0.29, 0.717) is 26.1 Å². The van der Waals surface area contributed by atoms with E-state index in [-0.39, 0.29) is 5.91 Å². The molecule has 0 aliphatic carbocycles. The van der Waals surface area contributed by atoms with Crippen LogP contribution in [0.25, 0.3) is 0 Å². The molecular formula is C26H34N2O3. The van der Waals surface area contributed by atoms with Gasteiger partial charge in [0.25, 0.3) is 0 Å². The number of nitrogens with zero attached hydrogens (tertiary/aromatic N) is 1. The van der Waals surface area contributed by atoms with Crippen molar-refractivity contribution in [2.75, 3.05) is 44.8 Å². The summed E-state index contributed by atoms with van der Waals surface area (Å²) in [6.45, 7) is 5.49. The van der Waals surface area contributed by atoms with Crippen LogP contribution in [0, 0.1) is 0 Å². The van der Waals surface area contributed by atoms with Gasteiger partial charge in [-0.1, -0.05) is 36.8 Å². The molecule has 2 fully saturated rings. The zero-order valence-electron chi connectivity index (χ0n) is 18.4. The first-order valence-corrected chi connectivity index (χ1v) is 11.7. The van der Waals surface area contributed by atoms with E-state index in [4.69, 9.17) is 9.47 Å². The van der Waals surface area contributed by atoms with Crippen molar-refractivity contribution in [3.8, 4) is 5.75 Å². The molecule has 2 aromatic rings. The third-order valence-corrected chi connectivity index (χ3v) is 6.56. The first kappa shape index (κ1) is 21.8. The summed E-state index contributed by atoms with van der Waals surface area (Å²) in [5.41, 5.74) is 1.32. The minimum atomic E-state index is -0.539. The van der Waals surface area contributed by atoms with Crippen molar-refractivity contribution in [2.24, 2.45) is 0 Å². The van der Waals surface area contributed by atoms with Gasteiger partial charge in [-0.2, -0.15) is 0 Å². The fourth-order valence-corrected chi connectivity index (χ4v) is 4.67. The first-order chi connectivity index (χ1) is 15.3.